The van der Waals surface area contributed by atoms with E-state index in [1.54, 1.807) is 0 Å². The van der Waals surface area contributed by atoms with Crippen LogP contribution < -0.4 is 10.6 Å². The van der Waals surface area contributed by atoms with Gasteiger partial charge in [0.2, 0.25) is 5.91 Å². The minimum absolute atomic E-state index is 0.0420. The third-order valence-electron chi connectivity index (χ3n) is 3.72. The van der Waals surface area contributed by atoms with E-state index in [0.717, 1.165) is 26.1 Å². The lowest BCUT2D eigenvalue weighted by Crippen LogP contribution is -2.54. The third kappa shape index (κ3) is 5.22. The lowest BCUT2D eigenvalue weighted by Gasteiger charge is -2.39. The molecule has 0 aromatic heterocycles. The Hall–Kier alpha value is -1.05. The van der Waals surface area contributed by atoms with E-state index in [1.165, 1.54) is 19.3 Å². The summed E-state index contributed by atoms with van der Waals surface area (Å²) in [5.74, 6) is 2.49. The second-order valence-corrected chi connectivity index (χ2v) is 5.19. The second kappa shape index (κ2) is 8.95. The van der Waals surface area contributed by atoms with Crippen LogP contribution in [0.15, 0.2) is 0 Å². The van der Waals surface area contributed by atoms with Gasteiger partial charge in [0.25, 0.3) is 0 Å². The van der Waals surface area contributed by atoms with Crippen molar-refractivity contribution in [3.63, 3.8) is 0 Å². The number of carbonyl (C=O) groups is 1. The highest BCUT2D eigenvalue weighted by atomic mass is 16.2. The standard InChI is InChI=1S/C15H27N3O/c1-4-9-16-12-14-8-6-7-11-18(14)13(3)15(19)17-10-5-2/h2,13-14,16H,4,6-12H2,1,3H3,(H,17,19). The van der Waals surface area contributed by atoms with E-state index in [9.17, 15) is 4.79 Å². The van der Waals surface area contributed by atoms with Crippen molar-refractivity contribution in [1.82, 2.24) is 15.5 Å². The van der Waals surface area contributed by atoms with Gasteiger partial charge in [0.1, 0.15) is 0 Å². The van der Waals surface area contributed by atoms with Crippen LogP contribution in [0.2, 0.25) is 0 Å². The third-order valence-corrected chi connectivity index (χ3v) is 3.72. The van der Waals surface area contributed by atoms with Crippen LogP contribution in [0, 0.1) is 12.3 Å². The van der Waals surface area contributed by atoms with Crippen molar-refractivity contribution < 1.29 is 4.79 Å². The Morgan fingerprint density at radius 1 is 1.53 bits per heavy atom. The summed E-state index contributed by atoms with van der Waals surface area (Å²) in [6.45, 7) is 7.48. The molecule has 4 heteroatoms. The number of rotatable bonds is 7. The maximum atomic E-state index is 12.0. The monoisotopic (exact) mass is 265 g/mol. The number of carbonyl (C=O) groups excluding carboxylic acids is 1. The molecule has 1 saturated heterocycles. The summed E-state index contributed by atoms with van der Waals surface area (Å²) < 4.78 is 0. The highest BCUT2D eigenvalue weighted by molar-refractivity contribution is 5.81. The van der Waals surface area contributed by atoms with Gasteiger partial charge in [-0.25, -0.2) is 0 Å². The Labute approximate surface area is 117 Å². The molecule has 2 N–H and O–H groups in total. The Balaban J connectivity index is 2.50. The van der Waals surface area contributed by atoms with Gasteiger partial charge in [0, 0.05) is 12.6 Å². The quantitative estimate of drug-likeness (QED) is 0.533. The molecule has 0 radical (unpaired) electrons. The van der Waals surface area contributed by atoms with Crippen molar-refractivity contribution in [2.24, 2.45) is 0 Å². The lowest BCUT2D eigenvalue weighted by atomic mass is 9.99. The Morgan fingerprint density at radius 2 is 2.32 bits per heavy atom. The summed E-state index contributed by atoms with van der Waals surface area (Å²) in [6, 6.07) is 0.369. The topological polar surface area (TPSA) is 44.4 Å². The summed E-state index contributed by atoms with van der Waals surface area (Å²) in [6.07, 6.45) is 9.92. The summed E-state index contributed by atoms with van der Waals surface area (Å²) in [5, 5.41) is 6.25. The van der Waals surface area contributed by atoms with Crippen LogP contribution in [-0.2, 0) is 4.79 Å². The van der Waals surface area contributed by atoms with Crippen LogP contribution in [0.4, 0.5) is 0 Å². The van der Waals surface area contributed by atoms with Gasteiger partial charge < -0.3 is 10.6 Å². The molecule has 1 heterocycles. The van der Waals surface area contributed by atoms with Gasteiger partial charge in [-0.15, -0.1) is 6.42 Å². The van der Waals surface area contributed by atoms with E-state index >= 15 is 0 Å². The van der Waals surface area contributed by atoms with Crippen molar-refractivity contribution in [3.8, 4) is 12.3 Å². The fourth-order valence-corrected chi connectivity index (χ4v) is 2.63. The smallest absolute Gasteiger partial charge is 0.237 e. The van der Waals surface area contributed by atoms with Crippen molar-refractivity contribution >= 4 is 5.91 Å². The number of nitrogens with zero attached hydrogens (tertiary/aromatic N) is 1. The summed E-state index contributed by atoms with van der Waals surface area (Å²) in [5.41, 5.74) is 0. The molecule has 0 spiro atoms. The molecule has 108 valence electrons. The second-order valence-electron chi connectivity index (χ2n) is 5.19. The van der Waals surface area contributed by atoms with Gasteiger partial charge in [-0.3, -0.25) is 9.69 Å². The first-order chi connectivity index (χ1) is 9.20. The van der Waals surface area contributed by atoms with E-state index in [1.807, 2.05) is 6.92 Å². The molecule has 1 amide bonds. The zero-order valence-electron chi connectivity index (χ0n) is 12.2. The maximum Gasteiger partial charge on any atom is 0.237 e. The zero-order valence-corrected chi connectivity index (χ0v) is 12.2. The molecule has 0 aromatic rings. The number of nitrogens with one attached hydrogen (secondary N) is 2. The highest BCUT2D eigenvalue weighted by Crippen LogP contribution is 2.19. The van der Waals surface area contributed by atoms with Gasteiger partial charge in [0.15, 0.2) is 0 Å². The molecule has 19 heavy (non-hydrogen) atoms. The van der Waals surface area contributed by atoms with E-state index in [4.69, 9.17) is 6.42 Å². The Morgan fingerprint density at radius 3 is 3.00 bits per heavy atom. The van der Waals surface area contributed by atoms with E-state index < -0.39 is 0 Å². The van der Waals surface area contributed by atoms with Crippen molar-refractivity contribution in [3.05, 3.63) is 0 Å². The van der Waals surface area contributed by atoms with Crippen molar-refractivity contribution in [2.75, 3.05) is 26.2 Å². The molecule has 4 nitrogen and oxygen atoms in total. The molecule has 0 saturated carbocycles. The number of likely N-dealkylation sites (tertiary alicyclic amines) is 1. The molecule has 1 aliphatic heterocycles. The van der Waals surface area contributed by atoms with Gasteiger partial charge in [-0.05, 0) is 39.3 Å². The maximum absolute atomic E-state index is 12.0. The van der Waals surface area contributed by atoms with Crippen LogP contribution in [0.25, 0.3) is 0 Å². The van der Waals surface area contributed by atoms with Gasteiger partial charge in [-0.2, -0.15) is 0 Å². The van der Waals surface area contributed by atoms with Crippen LogP contribution in [-0.4, -0.2) is 49.1 Å². The van der Waals surface area contributed by atoms with Gasteiger partial charge in [0.05, 0.1) is 12.6 Å². The largest absolute Gasteiger partial charge is 0.344 e. The fraction of sp³-hybridized carbons (Fsp3) is 0.800. The van der Waals surface area contributed by atoms with Crippen LogP contribution in [0.5, 0.6) is 0 Å². The van der Waals surface area contributed by atoms with E-state index in [2.05, 4.69) is 28.4 Å². The first kappa shape index (κ1) is 16.0. The average Bonchev–Trinajstić information content (AvgIpc) is 2.44. The zero-order chi connectivity index (χ0) is 14.1. The number of hydrogen-bond donors (Lipinski definition) is 2. The number of piperidine rings is 1. The van der Waals surface area contributed by atoms with Crippen LogP contribution >= 0.6 is 0 Å². The van der Waals surface area contributed by atoms with Crippen LogP contribution in [0.3, 0.4) is 0 Å². The molecule has 1 rings (SSSR count). The van der Waals surface area contributed by atoms with Gasteiger partial charge >= 0.3 is 0 Å². The predicted molar refractivity (Wildman–Crippen MR) is 78.8 cm³/mol. The molecule has 2 unspecified atom stereocenters. The molecule has 1 aliphatic rings. The first-order valence-electron chi connectivity index (χ1n) is 7.38. The van der Waals surface area contributed by atoms with Gasteiger partial charge in [-0.1, -0.05) is 19.3 Å². The Bertz CT molecular complexity index is 311. The SMILES string of the molecule is C#CCNC(=O)C(C)N1CCCCC1CNCCC. The summed E-state index contributed by atoms with van der Waals surface area (Å²) in [7, 11) is 0. The van der Waals surface area contributed by atoms with Crippen LogP contribution in [0.1, 0.15) is 39.5 Å². The Kier molecular flexibility index (Phi) is 7.54. The average molecular weight is 265 g/mol. The number of terminal acetylenes is 1. The molecule has 1 fully saturated rings. The van der Waals surface area contributed by atoms with Crippen molar-refractivity contribution in [1.29, 1.82) is 0 Å². The van der Waals surface area contributed by atoms with E-state index in [-0.39, 0.29) is 11.9 Å². The first-order valence-corrected chi connectivity index (χ1v) is 7.38. The normalized spacial score (nSPS) is 21.6. The predicted octanol–water partition coefficient (Wildman–Crippen LogP) is 0.978. The minimum atomic E-state index is -0.0953. The summed E-state index contributed by atoms with van der Waals surface area (Å²) in [4.78, 5) is 14.3. The molecule has 0 aromatic carbocycles. The molecule has 2 atom stereocenters. The lowest BCUT2D eigenvalue weighted by molar-refractivity contribution is -0.127. The minimum Gasteiger partial charge on any atom is -0.344 e. The summed E-state index contributed by atoms with van der Waals surface area (Å²) >= 11 is 0. The van der Waals surface area contributed by atoms with Crippen molar-refractivity contribution in [2.45, 2.75) is 51.6 Å². The molecular formula is C15H27N3O. The molecular weight excluding hydrogens is 238 g/mol. The fourth-order valence-electron chi connectivity index (χ4n) is 2.63. The molecule has 0 aliphatic carbocycles. The highest BCUT2D eigenvalue weighted by Gasteiger charge is 2.29. The number of amides is 1. The van der Waals surface area contributed by atoms with E-state index in [0.29, 0.717) is 12.6 Å². The molecule has 0 bridgehead atoms. The number of hydrogen-bond acceptors (Lipinski definition) is 3.